The van der Waals surface area contributed by atoms with E-state index in [9.17, 15) is 4.79 Å². The molecule has 0 atom stereocenters. The third-order valence-electron chi connectivity index (χ3n) is 4.81. The molecule has 0 saturated heterocycles. The van der Waals surface area contributed by atoms with Crippen LogP contribution in [0.4, 0.5) is 0 Å². The van der Waals surface area contributed by atoms with Crippen molar-refractivity contribution in [1.29, 1.82) is 0 Å². The van der Waals surface area contributed by atoms with E-state index in [1.165, 1.54) is 17.0 Å². The van der Waals surface area contributed by atoms with Crippen LogP contribution >= 0.6 is 0 Å². The lowest BCUT2D eigenvalue weighted by molar-refractivity contribution is 0.0973. The van der Waals surface area contributed by atoms with Gasteiger partial charge in [0, 0.05) is 31.5 Å². The topological polar surface area (TPSA) is 49.0 Å². The third-order valence-corrected chi connectivity index (χ3v) is 4.81. The minimum Gasteiger partial charge on any atom is -0.347 e. The fraction of sp³-hybridized carbons (Fsp3) is 0.500. The molecule has 0 radical (unpaired) electrons. The number of hydrogen-bond donors (Lipinski definition) is 1. The van der Waals surface area contributed by atoms with Gasteiger partial charge in [0.2, 0.25) is 0 Å². The predicted octanol–water partition coefficient (Wildman–Crippen LogP) is 3.73. The van der Waals surface area contributed by atoms with Crippen LogP contribution in [0, 0.1) is 0 Å². The van der Waals surface area contributed by atoms with Crippen LogP contribution in [0.5, 0.6) is 0 Å². The molecule has 1 aromatic heterocycles. The lowest BCUT2D eigenvalue weighted by Gasteiger charge is -2.25. The smallest absolute Gasteiger partial charge is 0.162 e. The summed E-state index contributed by atoms with van der Waals surface area (Å²) in [7, 11) is 0. The number of hydrogen-bond acceptors (Lipinski definition) is 3. The van der Waals surface area contributed by atoms with Crippen LogP contribution < -0.4 is 0 Å². The molecule has 1 aliphatic heterocycles. The first kappa shape index (κ1) is 16.9. The van der Waals surface area contributed by atoms with Gasteiger partial charge in [-0.3, -0.25) is 9.69 Å². The number of H-pyrrole nitrogens is 1. The number of nitrogens with zero attached hydrogens (tertiary/aromatic N) is 2. The first-order valence-electron chi connectivity index (χ1n) is 8.81. The molecule has 0 aliphatic carbocycles. The highest BCUT2D eigenvalue weighted by Gasteiger charge is 2.18. The van der Waals surface area contributed by atoms with Gasteiger partial charge in [0.25, 0.3) is 0 Å². The van der Waals surface area contributed by atoms with Crippen molar-refractivity contribution in [1.82, 2.24) is 14.9 Å². The molecule has 4 heteroatoms. The van der Waals surface area contributed by atoms with E-state index in [2.05, 4.69) is 47.8 Å². The average Bonchev–Trinajstić information content (AvgIpc) is 3.02. The number of benzene rings is 1. The van der Waals surface area contributed by atoms with Gasteiger partial charge < -0.3 is 4.98 Å². The van der Waals surface area contributed by atoms with Gasteiger partial charge in [0.1, 0.15) is 0 Å². The molecule has 0 fully saturated rings. The molecule has 4 nitrogen and oxygen atoms in total. The summed E-state index contributed by atoms with van der Waals surface area (Å²) in [5.41, 5.74) is 4.65. The molecule has 0 unspecified atom stereocenters. The van der Waals surface area contributed by atoms with Crippen LogP contribution in [0.1, 0.15) is 60.9 Å². The van der Waals surface area contributed by atoms with Crippen molar-refractivity contribution >= 4 is 5.78 Å². The Balaban J connectivity index is 1.48. The SMILES string of the molecule is CC(C)(C)c1ccc(C(=O)CCCN2CCc3nc[nH]c3C2)cc1. The molecule has 24 heavy (non-hydrogen) atoms. The molecule has 0 bridgehead atoms. The second-order valence-corrected chi connectivity index (χ2v) is 7.71. The highest BCUT2D eigenvalue weighted by molar-refractivity contribution is 5.96. The zero-order valence-electron chi connectivity index (χ0n) is 14.9. The molecule has 0 amide bonds. The maximum Gasteiger partial charge on any atom is 0.162 e. The molecule has 2 heterocycles. The fourth-order valence-corrected chi connectivity index (χ4v) is 3.22. The van der Waals surface area contributed by atoms with Crippen LogP contribution in [-0.4, -0.2) is 33.7 Å². The van der Waals surface area contributed by atoms with Crippen LogP contribution in [0.2, 0.25) is 0 Å². The number of aromatic amines is 1. The van der Waals surface area contributed by atoms with E-state index < -0.39 is 0 Å². The Morgan fingerprint density at radius 1 is 1.25 bits per heavy atom. The van der Waals surface area contributed by atoms with E-state index >= 15 is 0 Å². The van der Waals surface area contributed by atoms with Gasteiger partial charge in [0.05, 0.1) is 17.7 Å². The van der Waals surface area contributed by atoms with Crippen molar-refractivity contribution in [2.24, 2.45) is 0 Å². The number of Topliss-reactive ketones (excluding diaryl/α,β-unsaturated/α-hetero) is 1. The average molecular weight is 325 g/mol. The highest BCUT2D eigenvalue weighted by atomic mass is 16.1. The summed E-state index contributed by atoms with van der Waals surface area (Å²) in [6, 6.07) is 8.11. The Bertz CT molecular complexity index is 694. The summed E-state index contributed by atoms with van der Waals surface area (Å²) in [5, 5.41) is 0. The normalized spacial score (nSPS) is 15.3. The molecule has 1 aliphatic rings. The van der Waals surface area contributed by atoms with Gasteiger partial charge in [-0.05, 0) is 23.9 Å². The van der Waals surface area contributed by atoms with Crippen LogP contribution in [0.3, 0.4) is 0 Å². The molecular weight excluding hydrogens is 298 g/mol. The maximum absolute atomic E-state index is 12.4. The van der Waals surface area contributed by atoms with Crippen molar-refractivity contribution in [3.63, 3.8) is 0 Å². The summed E-state index contributed by atoms with van der Waals surface area (Å²) in [6.45, 7) is 9.48. The molecule has 0 spiro atoms. The largest absolute Gasteiger partial charge is 0.347 e. The van der Waals surface area contributed by atoms with E-state index in [-0.39, 0.29) is 11.2 Å². The third kappa shape index (κ3) is 3.93. The number of imidazole rings is 1. The number of carbonyl (C=O) groups is 1. The molecule has 1 N–H and O–H groups in total. The lowest BCUT2D eigenvalue weighted by atomic mass is 9.86. The molecule has 128 valence electrons. The summed E-state index contributed by atoms with van der Waals surface area (Å²) >= 11 is 0. The summed E-state index contributed by atoms with van der Waals surface area (Å²) in [5.74, 6) is 0.245. The number of rotatable bonds is 5. The van der Waals surface area contributed by atoms with Gasteiger partial charge in [-0.2, -0.15) is 0 Å². The molecule has 1 aromatic carbocycles. The maximum atomic E-state index is 12.4. The minimum absolute atomic E-state index is 0.126. The Hall–Kier alpha value is -1.94. The van der Waals surface area contributed by atoms with Crippen molar-refractivity contribution < 1.29 is 4.79 Å². The lowest BCUT2D eigenvalue weighted by Crippen LogP contribution is -2.31. The monoisotopic (exact) mass is 325 g/mol. The molecule has 2 aromatic rings. The van der Waals surface area contributed by atoms with E-state index in [0.717, 1.165) is 38.0 Å². The van der Waals surface area contributed by atoms with E-state index in [1.807, 2.05) is 12.1 Å². The van der Waals surface area contributed by atoms with Gasteiger partial charge in [-0.1, -0.05) is 45.0 Å². The first-order valence-corrected chi connectivity index (χ1v) is 8.81. The summed E-state index contributed by atoms with van der Waals surface area (Å²) < 4.78 is 0. The standard InChI is InChI=1S/C20H27N3O/c1-20(2,3)16-8-6-15(7-9-16)19(24)5-4-11-23-12-10-17-18(13-23)22-14-21-17/h6-9,14H,4-5,10-13H2,1-3H3,(H,21,22). The Morgan fingerprint density at radius 3 is 2.71 bits per heavy atom. The van der Waals surface area contributed by atoms with E-state index in [0.29, 0.717) is 6.42 Å². The van der Waals surface area contributed by atoms with E-state index in [4.69, 9.17) is 0 Å². The fourth-order valence-electron chi connectivity index (χ4n) is 3.22. The van der Waals surface area contributed by atoms with Crippen LogP contribution in [-0.2, 0) is 18.4 Å². The van der Waals surface area contributed by atoms with E-state index in [1.54, 1.807) is 6.33 Å². The van der Waals surface area contributed by atoms with Crippen molar-refractivity contribution in [2.45, 2.75) is 52.0 Å². The zero-order chi connectivity index (χ0) is 17.2. The number of fused-ring (bicyclic) bond motifs is 1. The van der Waals surface area contributed by atoms with Gasteiger partial charge in [-0.15, -0.1) is 0 Å². The molecule has 0 saturated carbocycles. The van der Waals surface area contributed by atoms with Gasteiger partial charge in [-0.25, -0.2) is 4.98 Å². The second kappa shape index (κ2) is 6.89. The first-order chi connectivity index (χ1) is 11.4. The Kier molecular flexibility index (Phi) is 4.86. The minimum atomic E-state index is 0.126. The Labute approximate surface area is 144 Å². The number of carbonyl (C=O) groups excluding carboxylic acids is 1. The number of aromatic nitrogens is 2. The summed E-state index contributed by atoms with van der Waals surface area (Å²) in [4.78, 5) is 22.3. The predicted molar refractivity (Wildman–Crippen MR) is 96.3 cm³/mol. The Morgan fingerprint density at radius 2 is 2.00 bits per heavy atom. The van der Waals surface area contributed by atoms with Gasteiger partial charge in [0.15, 0.2) is 5.78 Å². The van der Waals surface area contributed by atoms with Crippen molar-refractivity contribution in [2.75, 3.05) is 13.1 Å². The quantitative estimate of drug-likeness (QED) is 0.852. The zero-order valence-corrected chi connectivity index (χ0v) is 14.9. The van der Waals surface area contributed by atoms with Crippen molar-refractivity contribution in [3.05, 3.63) is 53.1 Å². The highest BCUT2D eigenvalue weighted by Crippen LogP contribution is 2.22. The van der Waals surface area contributed by atoms with Gasteiger partial charge >= 0.3 is 0 Å². The molecular formula is C20H27N3O. The van der Waals surface area contributed by atoms with Crippen LogP contribution in [0.15, 0.2) is 30.6 Å². The number of ketones is 1. The summed E-state index contributed by atoms with van der Waals surface area (Å²) in [6.07, 6.45) is 4.30. The number of nitrogens with one attached hydrogen (secondary N) is 1. The molecule has 3 rings (SSSR count). The van der Waals surface area contributed by atoms with Crippen molar-refractivity contribution in [3.8, 4) is 0 Å². The van der Waals surface area contributed by atoms with Crippen LogP contribution in [0.25, 0.3) is 0 Å². The second-order valence-electron chi connectivity index (χ2n) is 7.71.